The Kier molecular flexibility index (Phi) is 50.3. The molecule has 0 bridgehead atoms. The maximum atomic E-state index is 13.2. The maximum Gasteiger partial charge on any atom is 0.335 e. The molecule has 1 aliphatic heterocycles. The molecule has 79 heavy (non-hydrogen) atoms. The van der Waals surface area contributed by atoms with Gasteiger partial charge in [-0.2, -0.15) is 0 Å². The molecule has 0 amide bonds. The number of carboxylic acid groups (broad SMARTS) is 1. The van der Waals surface area contributed by atoms with Gasteiger partial charge in [0.1, 0.15) is 18.8 Å². The lowest BCUT2D eigenvalue weighted by Crippen LogP contribution is -2.61. The van der Waals surface area contributed by atoms with Crippen molar-refractivity contribution in [1.82, 2.24) is 0 Å². The average molecular weight is 1110 g/mol. The monoisotopic (exact) mass is 1110 g/mol. The van der Waals surface area contributed by atoms with Gasteiger partial charge in [0.05, 0.1) is 6.61 Å². The SMILES string of the molecule is CC/C=C\C/C=C\C/C=C\CCCCCCCCCC(=O)OC1C(OCC(COC(=O)CCCCCCCC/C=C\C/C=C\C/C=C\CCCCC)OC(=O)CCCCCCC/C=C\CCCCCC)OC(C(=O)O)C(O)C1O. The quantitative estimate of drug-likeness (QED) is 0.0228. The Balaban J connectivity index is 2.67. The van der Waals surface area contributed by atoms with Gasteiger partial charge in [-0.05, 0) is 116 Å². The first-order valence-corrected chi connectivity index (χ1v) is 31.6. The Morgan fingerprint density at radius 3 is 1.25 bits per heavy atom. The minimum atomic E-state index is -1.91. The zero-order valence-electron chi connectivity index (χ0n) is 49.8. The lowest BCUT2D eigenvalue weighted by molar-refractivity contribution is -0.301. The molecule has 0 aromatic heterocycles. The lowest BCUT2D eigenvalue weighted by atomic mass is 9.98. The van der Waals surface area contributed by atoms with Crippen molar-refractivity contribution in [3.8, 4) is 0 Å². The van der Waals surface area contributed by atoms with Crippen molar-refractivity contribution in [1.29, 1.82) is 0 Å². The molecule has 0 aliphatic carbocycles. The fourth-order valence-electron chi connectivity index (χ4n) is 9.09. The number of allylic oxidation sites excluding steroid dienone is 14. The van der Waals surface area contributed by atoms with Crippen LogP contribution in [0.2, 0.25) is 0 Å². The highest BCUT2D eigenvalue weighted by Crippen LogP contribution is 2.26. The molecule has 0 aromatic carbocycles. The van der Waals surface area contributed by atoms with Crippen LogP contribution in [0, 0.1) is 0 Å². The fourth-order valence-corrected chi connectivity index (χ4v) is 9.09. The highest BCUT2D eigenvalue weighted by Gasteiger charge is 2.50. The molecule has 0 radical (unpaired) electrons. The summed E-state index contributed by atoms with van der Waals surface area (Å²) in [6.45, 7) is 5.83. The van der Waals surface area contributed by atoms with Gasteiger partial charge in [0, 0.05) is 19.3 Å². The molecule has 1 saturated heterocycles. The smallest absolute Gasteiger partial charge is 0.335 e. The molecule has 6 atom stereocenters. The summed E-state index contributed by atoms with van der Waals surface area (Å²) in [5.41, 5.74) is 0. The van der Waals surface area contributed by atoms with Gasteiger partial charge in [-0.25, -0.2) is 4.79 Å². The number of aliphatic hydroxyl groups is 2. The van der Waals surface area contributed by atoms with Gasteiger partial charge in [0.15, 0.2) is 24.6 Å². The standard InChI is InChI=1S/C67H112O12/c1-4-7-10-13-16-19-22-25-27-29-30-32-33-36-38-41-44-47-50-53-59(68)75-56-58(77-60(69)54-51-48-45-42-39-35-24-21-18-15-12-9-6-3)57-76-67-65(63(72)62(71)64(79-67)66(73)74)78-61(70)55-52-49-46-43-40-37-34-31-28-26-23-20-17-14-11-8-5-2/h8,11,16-17,19-21,24-28,30,32,58,62-65,67,71-72H,4-7,9-10,12-15,18,22-23,29,31,33-57H2,1-3H3,(H,73,74)/b11-8-,19-16-,20-17-,24-21-,27-25-,28-26-,32-30-. The van der Waals surface area contributed by atoms with E-state index in [2.05, 4.69) is 106 Å². The van der Waals surface area contributed by atoms with Gasteiger partial charge in [0.25, 0.3) is 0 Å². The van der Waals surface area contributed by atoms with Crippen molar-refractivity contribution in [2.45, 2.75) is 302 Å². The molecule has 1 heterocycles. The number of hydrogen-bond acceptors (Lipinski definition) is 11. The third-order valence-electron chi connectivity index (χ3n) is 13.9. The van der Waals surface area contributed by atoms with Gasteiger partial charge in [-0.3, -0.25) is 14.4 Å². The van der Waals surface area contributed by atoms with E-state index in [4.69, 9.17) is 23.7 Å². The molecule has 12 heteroatoms. The van der Waals surface area contributed by atoms with Crippen LogP contribution in [-0.4, -0.2) is 89.2 Å². The zero-order chi connectivity index (χ0) is 57.5. The number of rotatable bonds is 53. The first-order chi connectivity index (χ1) is 38.6. The summed E-state index contributed by atoms with van der Waals surface area (Å²) in [4.78, 5) is 51.2. The van der Waals surface area contributed by atoms with E-state index in [0.29, 0.717) is 19.3 Å². The second-order valence-electron chi connectivity index (χ2n) is 21.3. The van der Waals surface area contributed by atoms with Gasteiger partial charge in [0.2, 0.25) is 0 Å². The summed E-state index contributed by atoms with van der Waals surface area (Å²) in [6, 6.07) is 0. The van der Waals surface area contributed by atoms with E-state index in [-0.39, 0.29) is 25.9 Å². The second-order valence-corrected chi connectivity index (χ2v) is 21.3. The molecule has 0 saturated carbocycles. The second kappa shape index (κ2) is 54.5. The number of carbonyl (C=O) groups excluding carboxylic acids is 3. The Labute approximate surface area is 480 Å². The van der Waals surface area contributed by atoms with Crippen LogP contribution >= 0.6 is 0 Å². The molecule has 0 aromatic rings. The topological polar surface area (TPSA) is 175 Å². The predicted molar refractivity (Wildman–Crippen MR) is 321 cm³/mol. The number of esters is 3. The Morgan fingerprint density at radius 1 is 0.430 bits per heavy atom. The molecular formula is C67H112O12. The van der Waals surface area contributed by atoms with Gasteiger partial charge >= 0.3 is 23.9 Å². The van der Waals surface area contributed by atoms with Crippen LogP contribution in [0.15, 0.2) is 85.1 Å². The van der Waals surface area contributed by atoms with E-state index in [0.717, 1.165) is 154 Å². The van der Waals surface area contributed by atoms with E-state index < -0.39 is 67.3 Å². The Morgan fingerprint density at radius 2 is 0.797 bits per heavy atom. The van der Waals surface area contributed by atoms with Crippen molar-refractivity contribution >= 4 is 23.9 Å². The van der Waals surface area contributed by atoms with E-state index in [1.807, 2.05) is 0 Å². The highest BCUT2D eigenvalue weighted by atomic mass is 16.7. The van der Waals surface area contributed by atoms with Crippen LogP contribution in [-0.2, 0) is 42.9 Å². The van der Waals surface area contributed by atoms with Gasteiger partial charge in [-0.1, -0.05) is 215 Å². The molecule has 0 spiro atoms. The minimum absolute atomic E-state index is 0.0444. The number of ether oxygens (including phenoxy) is 5. The molecule has 452 valence electrons. The number of carbonyl (C=O) groups is 4. The first-order valence-electron chi connectivity index (χ1n) is 31.6. The largest absolute Gasteiger partial charge is 0.479 e. The summed E-state index contributed by atoms with van der Waals surface area (Å²) in [6.07, 6.45) is 58.2. The van der Waals surface area contributed by atoms with Crippen LogP contribution in [0.3, 0.4) is 0 Å². The van der Waals surface area contributed by atoms with Crippen LogP contribution in [0.1, 0.15) is 265 Å². The fraction of sp³-hybridized carbons (Fsp3) is 0.731. The molecule has 12 nitrogen and oxygen atoms in total. The van der Waals surface area contributed by atoms with Crippen LogP contribution in [0.25, 0.3) is 0 Å². The zero-order valence-corrected chi connectivity index (χ0v) is 49.8. The van der Waals surface area contributed by atoms with E-state index in [1.165, 1.54) is 51.4 Å². The summed E-state index contributed by atoms with van der Waals surface area (Å²) in [5.74, 6) is -3.16. The van der Waals surface area contributed by atoms with Crippen LogP contribution in [0.5, 0.6) is 0 Å². The first kappa shape index (κ1) is 72.9. The molecular weight excluding hydrogens is 997 g/mol. The third kappa shape index (κ3) is 44.3. The average Bonchev–Trinajstić information content (AvgIpc) is 3.46. The highest BCUT2D eigenvalue weighted by molar-refractivity contribution is 5.74. The number of unbranched alkanes of at least 4 members (excludes halogenated alkanes) is 25. The number of hydrogen-bond donors (Lipinski definition) is 3. The van der Waals surface area contributed by atoms with Crippen molar-refractivity contribution in [3.05, 3.63) is 85.1 Å². The Hall–Kier alpha value is -4.10. The van der Waals surface area contributed by atoms with Crippen molar-refractivity contribution in [2.24, 2.45) is 0 Å². The molecule has 1 aliphatic rings. The molecule has 3 N–H and O–H groups in total. The van der Waals surface area contributed by atoms with Crippen molar-refractivity contribution < 1.29 is 58.2 Å². The number of carboxylic acids is 1. The number of aliphatic carboxylic acids is 1. The number of aliphatic hydroxyl groups excluding tert-OH is 2. The van der Waals surface area contributed by atoms with E-state index >= 15 is 0 Å². The third-order valence-corrected chi connectivity index (χ3v) is 13.9. The summed E-state index contributed by atoms with van der Waals surface area (Å²) in [5, 5.41) is 31.5. The predicted octanol–water partition coefficient (Wildman–Crippen LogP) is 16.7. The van der Waals surface area contributed by atoms with Crippen molar-refractivity contribution in [2.75, 3.05) is 13.2 Å². The normalized spacial score (nSPS) is 18.4. The molecule has 6 unspecified atom stereocenters. The summed E-state index contributed by atoms with van der Waals surface area (Å²) < 4.78 is 28.5. The van der Waals surface area contributed by atoms with E-state index in [9.17, 15) is 34.5 Å². The molecule has 1 fully saturated rings. The van der Waals surface area contributed by atoms with Crippen molar-refractivity contribution in [3.63, 3.8) is 0 Å². The minimum Gasteiger partial charge on any atom is -0.479 e. The summed E-state index contributed by atoms with van der Waals surface area (Å²) >= 11 is 0. The van der Waals surface area contributed by atoms with Crippen LogP contribution < -0.4 is 0 Å². The Bertz CT molecular complexity index is 1700. The van der Waals surface area contributed by atoms with Gasteiger partial charge in [-0.15, -0.1) is 0 Å². The van der Waals surface area contributed by atoms with Crippen LogP contribution in [0.4, 0.5) is 0 Å². The van der Waals surface area contributed by atoms with E-state index in [1.54, 1.807) is 0 Å². The van der Waals surface area contributed by atoms with Gasteiger partial charge < -0.3 is 39.0 Å². The lowest BCUT2D eigenvalue weighted by Gasteiger charge is -2.40. The summed E-state index contributed by atoms with van der Waals surface area (Å²) in [7, 11) is 0. The maximum absolute atomic E-state index is 13.2. The molecule has 1 rings (SSSR count).